The van der Waals surface area contributed by atoms with Crippen molar-refractivity contribution in [2.75, 3.05) is 0 Å². The van der Waals surface area contributed by atoms with Crippen LogP contribution in [0.4, 0.5) is 13.2 Å². The van der Waals surface area contributed by atoms with Crippen molar-refractivity contribution in [3.63, 3.8) is 0 Å². The van der Waals surface area contributed by atoms with Gasteiger partial charge in [0.05, 0.1) is 11.5 Å². The minimum absolute atomic E-state index is 0.199. The summed E-state index contributed by atoms with van der Waals surface area (Å²) in [5.74, 6) is -2.50. The Morgan fingerprint density at radius 3 is 2.22 bits per heavy atom. The highest BCUT2D eigenvalue weighted by molar-refractivity contribution is 9.10. The molecule has 2 atom stereocenters. The Morgan fingerprint density at radius 2 is 1.72 bits per heavy atom. The van der Waals surface area contributed by atoms with E-state index in [1.54, 1.807) is 0 Å². The Bertz CT molecular complexity index is 515. The summed E-state index contributed by atoms with van der Waals surface area (Å²) < 4.78 is 38.5. The minimum Gasteiger partial charge on any atom is -0.295 e. The molecule has 1 N–H and O–H groups in total. The topological polar surface area (TPSA) is 46.2 Å². The molecule has 1 saturated heterocycles. The third-order valence-corrected chi connectivity index (χ3v) is 3.62. The highest BCUT2D eigenvalue weighted by Gasteiger charge is 2.45. The molecule has 1 aliphatic rings. The lowest BCUT2D eigenvalue weighted by Gasteiger charge is -2.17. The van der Waals surface area contributed by atoms with Gasteiger partial charge >= 0.3 is 6.18 Å². The molecule has 18 heavy (non-hydrogen) atoms. The fourth-order valence-corrected chi connectivity index (χ4v) is 2.52. The fourth-order valence-electron chi connectivity index (χ4n) is 1.88. The largest absolute Gasteiger partial charge is 0.416 e. The Morgan fingerprint density at radius 1 is 1.11 bits per heavy atom. The molecule has 2 amide bonds. The zero-order chi connectivity index (χ0) is 13.5. The van der Waals surface area contributed by atoms with Gasteiger partial charge in [0, 0.05) is 0 Å². The fraction of sp³-hybridized carbons (Fsp3) is 0.273. The van der Waals surface area contributed by atoms with E-state index in [1.807, 2.05) is 5.32 Å². The lowest BCUT2D eigenvalue weighted by Crippen LogP contribution is -2.22. The van der Waals surface area contributed by atoms with Crippen LogP contribution in [0.15, 0.2) is 24.3 Å². The summed E-state index contributed by atoms with van der Waals surface area (Å²) in [7, 11) is 0. The first-order valence-corrected chi connectivity index (χ1v) is 5.89. The molecule has 7 heteroatoms. The second-order valence-electron chi connectivity index (χ2n) is 3.82. The number of hydrogen-bond acceptors (Lipinski definition) is 2. The van der Waals surface area contributed by atoms with Gasteiger partial charge in [0.15, 0.2) is 0 Å². The molecule has 1 aromatic rings. The van der Waals surface area contributed by atoms with Gasteiger partial charge in [0.1, 0.15) is 4.83 Å². The quantitative estimate of drug-likeness (QED) is 0.636. The van der Waals surface area contributed by atoms with Crippen molar-refractivity contribution in [2.24, 2.45) is 0 Å². The molecular weight excluding hydrogens is 315 g/mol. The smallest absolute Gasteiger partial charge is 0.295 e. The van der Waals surface area contributed by atoms with Crippen molar-refractivity contribution >= 4 is 27.7 Å². The van der Waals surface area contributed by atoms with Gasteiger partial charge < -0.3 is 0 Å². The van der Waals surface area contributed by atoms with Crippen LogP contribution < -0.4 is 5.32 Å². The number of alkyl halides is 4. The van der Waals surface area contributed by atoms with E-state index in [1.165, 1.54) is 18.2 Å². The van der Waals surface area contributed by atoms with Crippen LogP contribution in [0.5, 0.6) is 0 Å². The summed E-state index contributed by atoms with van der Waals surface area (Å²) in [5, 5.41) is 2.00. The van der Waals surface area contributed by atoms with E-state index in [-0.39, 0.29) is 5.56 Å². The van der Waals surface area contributed by atoms with Crippen molar-refractivity contribution in [1.82, 2.24) is 5.32 Å². The molecule has 2 rings (SSSR count). The number of rotatable bonds is 1. The van der Waals surface area contributed by atoms with Crippen LogP contribution in [0.3, 0.4) is 0 Å². The molecule has 96 valence electrons. The van der Waals surface area contributed by atoms with Crippen LogP contribution in [-0.2, 0) is 15.8 Å². The molecule has 0 saturated carbocycles. The first-order valence-electron chi connectivity index (χ1n) is 4.97. The van der Waals surface area contributed by atoms with Gasteiger partial charge in [-0.05, 0) is 11.6 Å². The van der Waals surface area contributed by atoms with Crippen molar-refractivity contribution in [2.45, 2.75) is 16.9 Å². The first-order chi connectivity index (χ1) is 8.32. The molecule has 3 nitrogen and oxygen atoms in total. The summed E-state index contributed by atoms with van der Waals surface area (Å²) in [6.45, 7) is 0. The molecule has 1 fully saturated rings. The molecule has 0 aromatic heterocycles. The summed E-state index contributed by atoms with van der Waals surface area (Å²) in [4.78, 5) is 21.8. The number of carbonyl (C=O) groups is 2. The second-order valence-corrected chi connectivity index (χ2v) is 4.80. The van der Waals surface area contributed by atoms with E-state index in [0.717, 1.165) is 6.07 Å². The molecule has 0 spiro atoms. The first kappa shape index (κ1) is 13.1. The van der Waals surface area contributed by atoms with Gasteiger partial charge in [0.25, 0.3) is 0 Å². The number of nitrogens with one attached hydrogen (secondary N) is 1. The van der Waals surface area contributed by atoms with Crippen LogP contribution in [0.1, 0.15) is 17.0 Å². The zero-order valence-corrected chi connectivity index (χ0v) is 10.4. The molecule has 0 bridgehead atoms. The van der Waals surface area contributed by atoms with E-state index in [9.17, 15) is 22.8 Å². The summed E-state index contributed by atoms with van der Waals surface area (Å²) in [6, 6.07) is 4.75. The van der Waals surface area contributed by atoms with E-state index in [0.29, 0.717) is 0 Å². The standard InChI is InChI=1S/C11H7BrF3NO2/c12-8-7(9(17)16-10(8)18)5-3-1-2-4-6(5)11(13,14)15/h1-4,7-8H,(H,16,17,18). The monoisotopic (exact) mass is 321 g/mol. The highest BCUT2D eigenvalue weighted by Crippen LogP contribution is 2.39. The lowest BCUT2D eigenvalue weighted by atomic mass is 9.92. The van der Waals surface area contributed by atoms with Crippen molar-refractivity contribution < 1.29 is 22.8 Å². The van der Waals surface area contributed by atoms with Crippen molar-refractivity contribution in [3.05, 3.63) is 35.4 Å². The minimum atomic E-state index is -4.56. The van der Waals surface area contributed by atoms with Crippen LogP contribution in [0.25, 0.3) is 0 Å². The molecular formula is C11H7BrF3NO2. The Hall–Kier alpha value is -1.37. The van der Waals surface area contributed by atoms with E-state index in [2.05, 4.69) is 15.9 Å². The maximum absolute atomic E-state index is 12.8. The number of hydrogen-bond donors (Lipinski definition) is 1. The highest BCUT2D eigenvalue weighted by atomic mass is 79.9. The molecule has 0 radical (unpaired) electrons. The summed E-state index contributed by atoms with van der Waals surface area (Å²) in [5.41, 5.74) is -1.10. The number of imide groups is 1. The van der Waals surface area contributed by atoms with Crippen molar-refractivity contribution in [3.8, 4) is 0 Å². The lowest BCUT2D eigenvalue weighted by molar-refractivity contribution is -0.138. The maximum atomic E-state index is 12.8. The van der Waals surface area contributed by atoms with Gasteiger partial charge in [-0.25, -0.2) is 0 Å². The average Bonchev–Trinajstić information content (AvgIpc) is 2.52. The summed E-state index contributed by atoms with van der Waals surface area (Å²) >= 11 is 2.95. The van der Waals surface area contributed by atoms with Crippen LogP contribution in [-0.4, -0.2) is 16.6 Å². The predicted octanol–water partition coefficient (Wildman–Crippen LogP) is 2.21. The number of halogens is 4. The second kappa shape index (κ2) is 4.38. The SMILES string of the molecule is O=C1NC(=O)C(c2ccccc2C(F)(F)F)C1Br. The van der Waals surface area contributed by atoms with Gasteiger partial charge in [-0.2, -0.15) is 13.2 Å². The van der Waals surface area contributed by atoms with Gasteiger partial charge in [-0.3, -0.25) is 14.9 Å². The average molecular weight is 322 g/mol. The Balaban J connectivity index is 2.52. The van der Waals surface area contributed by atoms with Gasteiger partial charge in [-0.15, -0.1) is 0 Å². The van der Waals surface area contributed by atoms with E-state index < -0.39 is 34.3 Å². The predicted molar refractivity (Wildman–Crippen MR) is 60.0 cm³/mol. The van der Waals surface area contributed by atoms with Gasteiger partial charge in [0.2, 0.25) is 11.8 Å². The van der Waals surface area contributed by atoms with Crippen LogP contribution in [0.2, 0.25) is 0 Å². The normalized spacial score (nSPS) is 24.2. The van der Waals surface area contributed by atoms with Crippen LogP contribution in [0, 0.1) is 0 Å². The molecule has 1 heterocycles. The van der Waals surface area contributed by atoms with Crippen molar-refractivity contribution in [1.29, 1.82) is 0 Å². The van der Waals surface area contributed by atoms with E-state index in [4.69, 9.17) is 0 Å². The third kappa shape index (κ3) is 2.14. The number of amides is 2. The third-order valence-electron chi connectivity index (χ3n) is 2.67. The van der Waals surface area contributed by atoms with E-state index >= 15 is 0 Å². The molecule has 2 unspecified atom stereocenters. The number of benzene rings is 1. The zero-order valence-electron chi connectivity index (χ0n) is 8.79. The summed E-state index contributed by atoms with van der Waals surface area (Å²) in [6.07, 6.45) is -4.56. The van der Waals surface area contributed by atoms with Gasteiger partial charge in [-0.1, -0.05) is 34.1 Å². The molecule has 1 aliphatic heterocycles. The number of carbonyl (C=O) groups excluding carboxylic acids is 2. The molecule has 1 aromatic carbocycles. The molecule has 0 aliphatic carbocycles. The van der Waals surface area contributed by atoms with Crippen LogP contribution >= 0.6 is 15.9 Å². The Labute approximate surface area is 108 Å². The maximum Gasteiger partial charge on any atom is 0.416 e. The Kier molecular flexibility index (Phi) is 3.18.